The number of nitrogens with zero attached hydrogens (tertiary/aromatic N) is 1. The van der Waals surface area contributed by atoms with Gasteiger partial charge in [-0.3, -0.25) is 0 Å². The van der Waals surface area contributed by atoms with Gasteiger partial charge in [-0.15, -0.1) is 0 Å². The van der Waals surface area contributed by atoms with Gasteiger partial charge < -0.3 is 19.8 Å². The molecule has 0 saturated heterocycles. The van der Waals surface area contributed by atoms with Gasteiger partial charge in [-0.25, -0.2) is 9.37 Å². The van der Waals surface area contributed by atoms with Gasteiger partial charge in [-0.2, -0.15) is 0 Å². The highest BCUT2D eigenvalue weighted by molar-refractivity contribution is 6.31. The van der Waals surface area contributed by atoms with E-state index in [9.17, 15) is 4.39 Å². The fourth-order valence-corrected chi connectivity index (χ4v) is 3.63. The number of ether oxygens (including phenoxy) is 2. The molecule has 3 aromatic carbocycles. The Morgan fingerprint density at radius 1 is 1.03 bits per heavy atom. The first-order valence-corrected chi connectivity index (χ1v) is 11.0. The van der Waals surface area contributed by atoms with Gasteiger partial charge in [0.2, 0.25) is 0 Å². The van der Waals surface area contributed by atoms with Gasteiger partial charge in [-0.1, -0.05) is 35.9 Å². The van der Waals surface area contributed by atoms with E-state index in [1.807, 2.05) is 49.4 Å². The second-order valence-corrected chi connectivity index (χ2v) is 7.77. The number of imidazole rings is 1. The number of rotatable bonds is 10. The van der Waals surface area contributed by atoms with Gasteiger partial charge in [0.1, 0.15) is 18.2 Å². The van der Waals surface area contributed by atoms with E-state index in [2.05, 4.69) is 15.3 Å². The van der Waals surface area contributed by atoms with Crippen molar-refractivity contribution in [1.29, 1.82) is 0 Å². The van der Waals surface area contributed by atoms with E-state index in [0.717, 1.165) is 35.4 Å². The molecule has 4 rings (SSSR count). The molecular weight excluding hydrogens is 429 g/mol. The van der Waals surface area contributed by atoms with E-state index in [0.29, 0.717) is 35.2 Å². The standard InChI is InChI=1S/C25H25ClFN3O2/c1-2-31-24-13-17(7-10-23(24)32-16-18-8-9-19(27)14-20(18)26)15-28-12-11-25-29-21-5-3-4-6-22(21)30-25/h3-10,13-14,28H,2,11-12,15-16H2,1H3,(H,29,30). The van der Waals surface area contributed by atoms with Crippen LogP contribution >= 0.6 is 11.6 Å². The van der Waals surface area contributed by atoms with Crippen LogP contribution in [0.25, 0.3) is 11.0 Å². The minimum atomic E-state index is -0.370. The van der Waals surface area contributed by atoms with Crippen LogP contribution in [0.2, 0.25) is 5.02 Å². The van der Waals surface area contributed by atoms with Gasteiger partial charge in [0, 0.05) is 25.1 Å². The minimum absolute atomic E-state index is 0.230. The molecule has 0 radical (unpaired) electrons. The first-order valence-electron chi connectivity index (χ1n) is 10.6. The molecule has 1 aromatic heterocycles. The summed E-state index contributed by atoms with van der Waals surface area (Å²) in [6, 6.07) is 18.2. The molecule has 0 fully saturated rings. The Kier molecular flexibility index (Phi) is 7.24. The Morgan fingerprint density at radius 3 is 2.72 bits per heavy atom. The molecule has 4 aromatic rings. The number of aromatic amines is 1. The fraction of sp³-hybridized carbons (Fsp3) is 0.240. The monoisotopic (exact) mass is 453 g/mol. The number of H-pyrrole nitrogens is 1. The first kappa shape index (κ1) is 22.1. The highest BCUT2D eigenvalue weighted by atomic mass is 35.5. The number of aromatic nitrogens is 2. The largest absolute Gasteiger partial charge is 0.490 e. The molecule has 0 atom stereocenters. The lowest BCUT2D eigenvalue weighted by Crippen LogP contribution is -2.17. The summed E-state index contributed by atoms with van der Waals surface area (Å²) in [5.74, 6) is 1.89. The zero-order chi connectivity index (χ0) is 22.3. The van der Waals surface area contributed by atoms with E-state index in [1.165, 1.54) is 12.1 Å². The van der Waals surface area contributed by atoms with Crippen molar-refractivity contribution in [3.8, 4) is 11.5 Å². The maximum Gasteiger partial charge on any atom is 0.161 e. The third-order valence-electron chi connectivity index (χ3n) is 5.01. The molecule has 1 heterocycles. The van der Waals surface area contributed by atoms with Crippen molar-refractivity contribution in [3.05, 3.63) is 88.5 Å². The maximum atomic E-state index is 13.2. The Morgan fingerprint density at radius 2 is 1.91 bits per heavy atom. The fourth-order valence-electron chi connectivity index (χ4n) is 3.41. The molecule has 0 aliphatic carbocycles. The average Bonchev–Trinajstić information content (AvgIpc) is 3.20. The zero-order valence-electron chi connectivity index (χ0n) is 17.8. The van der Waals surface area contributed by atoms with Gasteiger partial charge in [0.05, 0.1) is 22.7 Å². The van der Waals surface area contributed by atoms with Crippen LogP contribution in [0, 0.1) is 5.82 Å². The van der Waals surface area contributed by atoms with Crippen LogP contribution in [0.4, 0.5) is 4.39 Å². The lowest BCUT2D eigenvalue weighted by atomic mass is 10.2. The van der Waals surface area contributed by atoms with Crippen LogP contribution in [-0.2, 0) is 19.6 Å². The number of halogens is 2. The summed E-state index contributed by atoms with van der Waals surface area (Å²) in [6.45, 7) is 4.18. The van der Waals surface area contributed by atoms with Crippen molar-refractivity contribution < 1.29 is 13.9 Å². The molecule has 0 amide bonds. The number of fused-ring (bicyclic) bond motifs is 1. The van der Waals surface area contributed by atoms with Crippen LogP contribution in [0.1, 0.15) is 23.9 Å². The van der Waals surface area contributed by atoms with Crippen LogP contribution in [0.5, 0.6) is 11.5 Å². The van der Waals surface area contributed by atoms with Crippen molar-refractivity contribution >= 4 is 22.6 Å². The van der Waals surface area contributed by atoms with Crippen molar-refractivity contribution in [2.24, 2.45) is 0 Å². The summed E-state index contributed by atoms with van der Waals surface area (Å²) < 4.78 is 24.9. The topological polar surface area (TPSA) is 59.2 Å². The minimum Gasteiger partial charge on any atom is -0.490 e. The highest BCUT2D eigenvalue weighted by Gasteiger charge is 2.09. The van der Waals surface area contributed by atoms with Gasteiger partial charge >= 0.3 is 0 Å². The second kappa shape index (κ2) is 10.5. The van der Waals surface area contributed by atoms with Crippen molar-refractivity contribution in [1.82, 2.24) is 15.3 Å². The first-order chi connectivity index (χ1) is 15.6. The summed E-state index contributed by atoms with van der Waals surface area (Å²) in [4.78, 5) is 7.95. The van der Waals surface area contributed by atoms with Crippen LogP contribution in [-0.4, -0.2) is 23.1 Å². The van der Waals surface area contributed by atoms with E-state index in [1.54, 1.807) is 6.07 Å². The number of para-hydroxylation sites is 2. The van der Waals surface area contributed by atoms with Gasteiger partial charge in [0.25, 0.3) is 0 Å². The quantitative estimate of drug-likeness (QED) is 0.304. The normalized spacial score (nSPS) is 11.1. The SMILES string of the molecule is CCOc1cc(CNCCc2nc3ccccc3[nH]2)ccc1OCc1ccc(F)cc1Cl. The van der Waals surface area contributed by atoms with E-state index < -0.39 is 0 Å². The van der Waals surface area contributed by atoms with Crippen molar-refractivity contribution in [3.63, 3.8) is 0 Å². The summed E-state index contributed by atoms with van der Waals surface area (Å²) in [7, 11) is 0. The van der Waals surface area contributed by atoms with Crippen molar-refractivity contribution in [2.75, 3.05) is 13.2 Å². The molecule has 0 aliphatic rings. The highest BCUT2D eigenvalue weighted by Crippen LogP contribution is 2.30. The summed E-state index contributed by atoms with van der Waals surface area (Å²) in [5.41, 5.74) is 3.85. The summed E-state index contributed by atoms with van der Waals surface area (Å²) in [5, 5.41) is 3.79. The Balaban J connectivity index is 1.33. The molecule has 2 N–H and O–H groups in total. The lowest BCUT2D eigenvalue weighted by molar-refractivity contribution is 0.269. The molecule has 7 heteroatoms. The summed E-state index contributed by atoms with van der Waals surface area (Å²) >= 11 is 6.09. The predicted octanol–water partition coefficient (Wildman–Crippen LogP) is 5.67. The van der Waals surface area contributed by atoms with E-state index in [-0.39, 0.29) is 12.4 Å². The summed E-state index contributed by atoms with van der Waals surface area (Å²) in [6.07, 6.45) is 0.812. The lowest BCUT2D eigenvalue weighted by Gasteiger charge is -2.14. The Hall–Kier alpha value is -3.09. The molecule has 0 saturated carbocycles. The third-order valence-corrected chi connectivity index (χ3v) is 5.36. The van der Waals surface area contributed by atoms with Crippen LogP contribution < -0.4 is 14.8 Å². The van der Waals surface area contributed by atoms with Crippen LogP contribution in [0.15, 0.2) is 60.7 Å². The molecular formula is C25H25ClFN3O2. The van der Waals surface area contributed by atoms with Crippen molar-refractivity contribution in [2.45, 2.75) is 26.5 Å². The molecule has 0 unspecified atom stereocenters. The smallest absolute Gasteiger partial charge is 0.161 e. The molecule has 0 spiro atoms. The zero-order valence-corrected chi connectivity index (χ0v) is 18.6. The third kappa shape index (κ3) is 5.58. The van der Waals surface area contributed by atoms with E-state index in [4.69, 9.17) is 21.1 Å². The van der Waals surface area contributed by atoms with Gasteiger partial charge in [-0.05, 0) is 48.9 Å². The molecule has 166 valence electrons. The Labute approximate surface area is 191 Å². The Bertz CT molecular complexity index is 1160. The number of benzene rings is 3. The molecule has 0 aliphatic heterocycles. The second-order valence-electron chi connectivity index (χ2n) is 7.37. The molecule has 5 nitrogen and oxygen atoms in total. The number of nitrogens with one attached hydrogen (secondary N) is 2. The number of hydrogen-bond donors (Lipinski definition) is 2. The predicted molar refractivity (Wildman–Crippen MR) is 125 cm³/mol. The molecule has 0 bridgehead atoms. The maximum absolute atomic E-state index is 13.2. The van der Waals surface area contributed by atoms with Crippen LogP contribution in [0.3, 0.4) is 0 Å². The van der Waals surface area contributed by atoms with E-state index >= 15 is 0 Å². The van der Waals surface area contributed by atoms with Gasteiger partial charge in [0.15, 0.2) is 11.5 Å². The average molecular weight is 454 g/mol. The molecule has 32 heavy (non-hydrogen) atoms. The number of hydrogen-bond acceptors (Lipinski definition) is 4.